The maximum Gasteiger partial charge on any atom is 0.266 e. The third-order valence-electron chi connectivity index (χ3n) is 1.79. The van der Waals surface area contributed by atoms with Gasteiger partial charge in [0, 0.05) is 24.0 Å². The molecule has 0 unspecified atom stereocenters. The van der Waals surface area contributed by atoms with Crippen molar-refractivity contribution in [2.45, 2.75) is 19.9 Å². The van der Waals surface area contributed by atoms with Gasteiger partial charge in [-0.15, -0.1) is 0 Å². The molecule has 2 N–H and O–H groups in total. The van der Waals surface area contributed by atoms with E-state index in [-0.39, 0.29) is 17.1 Å². The molecule has 0 aromatic carbocycles. The fraction of sp³-hybridized carbons (Fsp3) is 0.375. The molecule has 0 aliphatic heterocycles. The first-order valence-corrected chi connectivity index (χ1v) is 4.07. The molecule has 1 aromatic rings. The van der Waals surface area contributed by atoms with Gasteiger partial charge in [-0.1, -0.05) is 11.6 Å². The fourth-order valence-electron chi connectivity index (χ4n) is 1.02. The SMILES string of the molecule is Cc1ncc(C(F)F)c(Cl)c1CN. The van der Waals surface area contributed by atoms with Crippen LogP contribution in [0.15, 0.2) is 6.20 Å². The van der Waals surface area contributed by atoms with Crippen molar-refractivity contribution in [3.05, 3.63) is 28.0 Å². The first-order valence-electron chi connectivity index (χ1n) is 3.70. The highest BCUT2D eigenvalue weighted by Crippen LogP contribution is 2.29. The Morgan fingerprint density at radius 1 is 1.62 bits per heavy atom. The first kappa shape index (κ1) is 10.3. The van der Waals surface area contributed by atoms with Crippen molar-refractivity contribution >= 4 is 11.6 Å². The number of pyridine rings is 1. The van der Waals surface area contributed by atoms with Crippen LogP contribution in [-0.2, 0) is 6.54 Å². The van der Waals surface area contributed by atoms with Crippen LogP contribution in [0.2, 0.25) is 5.02 Å². The molecular formula is C8H9ClF2N2. The molecule has 0 amide bonds. The van der Waals surface area contributed by atoms with Crippen molar-refractivity contribution in [3.63, 3.8) is 0 Å². The summed E-state index contributed by atoms with van der Waals surface area (Å²) >= 11 is 5.71. The summed E-state index contributed by atoms with van der Waals surface area (Å²) < 4.78 is 24.6. The van der Waals surface area contributed by atoms with Crippen molar-refractivity contribution in [3.8, 4) is 0 Å². The van der Waals surface area contributed by atoms with Crippen molar-refractivity contribution in [2.24, 2.45) is 5.73 Å². The Labute approximate surface area is 79.7 Å². The highest BCUT2D eigenvalue weighted by Gasteiger charge is 2.16. The molecule has 0 radical (unpaired) electrons. The minimum absolute atomic E-state index is 0.0324. The van der Waals surface area contributed by atoms with Crippen LogP contribution in [-0.4, -0.2) is 4.98 Å². The number of alkyl halides is 2. The Kier molecular flexibility index (Phi) is 3.17. The fourth-order valence-corrected chi connectivity index (χ4v) is 1.37. The number of hydrogen-bond donors (Lipinski definition) is 1. The summed E-state index contributed by atoms with van der Waals surface area (Å²) in [7, 11) is 0. The molecule has 0 aliphatic rings. The number of aromatic nitrogens is 1. The summed E-state index contributed by atoms with van der Waals surface area (Å²) in [6.07, 6.45) is -1.52. The first-order chi connectivity index (χ1) is 6.07. The van der Waals surface area contributed by atoms with Gasteiger partial charge in [0.1, 0.15) is 0 Å². The van der Waals surface area contributed by atoms with Crippen LogP contribution in [0.1, 0.15) is 23.2 Å². The molecule has 0 atom stereocenters. The molecule has 0 fully saturated rings. The molecule has 5 heteroatoms. The second-order valence-electron chi connectivity index (χ2n) is 2.60. The molecule has 72 valence electrons. The van der Waals surface area contributed by atoms with Crippen LogP contribution in [0.4, 0.5) is 8.78 Å². The maximum atomic E-state index is 12.3. The van der Waals surface area contributed by atoms with E-state index in [1.165, 1.54) is 0 Å². The number of halogens is 3. The van der Waals surface area contributed by atoms with Gasteiger partial charge in [0.25, 0.3) is 6.43 Å². The van der Waals surface area contributed by atoms with E-state index in [1.54, 1.807) is 6.92 Å². The van der Waals surface area contributed by atoms with E-state index >= 15 is 0 Å². The largest absolute Gasteiger partial charge is 0.326 e. The molecule has 0 aliphatic carbocycles. The van der Waals surface area contributed by atoms with Crippen molar-refractivity contribution < 1.29 is 8.78 Å². The molecule has 0 bridgehead atoms. The maximum absolute atomic E-state index is 12.3. The van der Waals surface area contributed by atoms with Gasteiger partial charge in [-0.25, -0.2) is 8.78 Å². The van der Waals surface area contributed by atoms with Gasteiger partial charge < -0.3 is 5.73 Å². The van der Waals surface area contributed by atoms with Gasteiger partial charge in [-0.05, 0) is 6.92 Å². The summed E-state index contributed by atoms with van der Waals surface area (Å²) in [4.78, 5) is 3.79. The smallest absolute Gasteiger partial charge is 0.266 e. The zero-order valence-corrected chi connectivity index (χ0v) is 7.78. The lowest BCUT2D eigenvalue weighted by Gasteiger charge is -2.09. The van der Waals surface area contributed by atoms with E-state index in [0.29, 0.717) is 11.3 Å². The second-order valence-corrected chi connectivity index (χ2v) is 2.97. The lowest BCUT2D eigenvalue weighted by atomic mass is 10.1. The molecule has 2 nitrogen and oxygen atoms in total. The van der Waals surface area contributed by atoms with Crippen LogP contribution < -0.4 is 5.73 Å². The van der Waals surface area contributed by atoms with Crippen molar-refractivity contribution in [1.29, 1.82) is 0 Å². The quantitative estimate of drug-likeness (QED) is 0.807. The van der Waals surface area contributed by atoms with Gasteiger partial charge in [-0.2, -0.15) is 0 Å². The summed E-state index contributed by atoms with van der Waals surface area (Å²) in [6, 6.07) is 0. The molecule has 1 aromatic heterocycles. The number of nitrogens with two attached hydrogens (primary N) is 1. The Balaban J connectivity index is 3.27. The summed E-state index contributed by atoms with van der Waals surface area (Å²) in [5.74, 6) is 0. The normalized spacial score (nSPS) is 10.9. The predicted octanol–water partition coefficient (Wildman–Crippen LogP) is 2.44. The lowest BCUT2D eigenvalue weighted by Crippen LogP contribution is -2.04. The van der Waals surface area contributed by atoms with E-state index in [9.17, 15) is 8.78 Å². The van der Waals surface area contributed by atoms with Crippen LogP contribution >= 0.6 is 11.6 Å². The minimum Gasteiger partial charge on any atom is -0.326 e. The van der Waals surface area contributed by atoms with Crippen LogP contribution in [0.5, 0.6) is 0 Å². The molecular weight excluding hydrogens is 198 g/mol. The number of nitrogens with zero attached hydrogens (tertiary/aromatic N) is 1. The van der Waals surface area contributed by atoms with E-state index in [4.69, 9.17) is 17.3 Å². The van der Waals surface area contributed by atoms with Crippen LogP contribution in [0.3, 0.4) is 0 Å². The molecule has 0 spiro atoms. The molecule has 0 saturated heterocycles. The Morgan fingerprint density at radius 3 is 2.69 bits per heavy atom. The van der Waals surface area contributed by atoms with Crippen LogP contribution in [0.25, 0.3) is 0 Å². The monoisotopic (exact) mass is 206 g/mol. The van der Waals surface area contributed by atoms with Gasteiger partial charge in [0.2, 0.25) is 0 Å². The molecule has 1 heterocycles. The topological polar surface area (TPSA) is 38.9 Å². The summed E-state index contributed by atoms with van der Waals surface area (Å²) in [6.45, 7) is 1.81. The van der Waals surface area contributed by atoms with E-state index in [0.717, 1.165) is 6.20 Å². The van der Waals surface area contributed by atoms with Gasteiger partial charge in [0.15, 0.2) is 0 Å². The Bertz CT molecular complexity index is 315. The number of hydrogen-bond acceptors (Lipinski definition) is 2. The zero-order valence-electron chi connectivity index (χ0n) is 7.02. The number of aryl methyl sites for hydroxylation is 1. The van der Waals surface area contributed by atoms with Gasteiger partial charge in [-0.3, -0.25) is 4.98 Å². The Hall–Kier alpha value is -0.740. The summed E-state index contributed by atoms with van der Waals surface area (Å²) in [5.41, 5.74) is 6.17. The van der Waals surface area contributed by atoms with Crippen molar-refractivity contribution in [1.82, 2.24) is 4.98 Å². The Morgan fingerprint density at radius 2 is 2.23 bits per heavy atom. The second kappa shape index (κ2) is 3.98. The lowest BCUT2D eigenvalue weighted by molar-refractivity contribution is 0.151. The molecule has 0 saturated carbocycles. The third-order valence-corrected chi connectivity index (χ3v) is 2.24. The number of rotatable bonds is 2. The molecule has 1 rings (SSSR count). The minimum atomic E-state index is -2.61. The van der Waals surface area contributed by atoms with Crippen LogP contribution in [0, 0.1) is 6.92 Å². The average Bonchev–Trinajstić information content (AvgIpc) is 2.04. The molecule has 13 heavy (non-hydrogen) atoms. The van der Waals surface area contributed by atoms with E-state index < -0.39 is 6.43 Å². The summed E-state index contributed by atoms with van der Waals surface area (Å²) in [5, 5.41) is 0.0324. The average molecular weight is 207 g/mol. The van der Waals surface area contributed by atoms with Gasteiger partial charge in [0.05, 0.1) is 10.6 Å². The predicted molar refractivity (Wildman–Crippen MR) is 46.8 cm³/mol. The van der Waals surface area contributed by atoms with E-state index in [1.807, 2.05) is 0 Å². The standard InChI is InChI=1S/C8H9ClF2N2/c1-4-5(2-12)7(9)6(3-13-4)8(10)11/h3,8H,2,12H2,1H3. The highest BCUT2D eigenvalue weighted by molar-refractivity contribution is 6.32. The van der Waals surface area contributed by atoms with Crippen molar-refractivity contribution in [2.75, 3.05) is 0 Å². The van der Waals surface area contributed by atoms with E-state index in [2.05, 4.69) is 4.98 Å². The highest BCUT2D eigenvalue weighted by atomic mass is 35.5. The van der Waals surface area contributed by atoms with Gasteiger partial charge >= 0.3 is 0 Å². The third kappa shape index (κ3) is 1.95. The zero-order chi connectivity index (χ0) is 10.0.